The second-order valence-corrected chi connectivity index (χ2v) is 8.78. The summed E-state index contributed by atoms with van der Waals surface area (Å²) in [5.41, 5.74) is 1.23. The molecule has 0 bridgehead atoms. The van der Waals surface area contributed by atoms with Crippen LogP contribution in [0.25, 0.3) is 5.69 Å². The van der Waals surface area contributed by atoms with Crippen molar-refractivity contribution in [2.45, 2.75) is 11.7 Å². The summed E-state index contributed by atoms with van der Waals surface area (Å²) in [5.74, 6) is -0.263. The number of amides is 1. The average Bonchev–Trinajstić information content (AvgIpc) is 3.08. The summed E-state index contributed by atoms with van der Waals surface area (Å²) in [6.45, 7) is -0.0972. The first-order valence-electron chi connectivity index (χ1n) is 8.44. The standard InChI is InChI=1S/C18H18FN5O3S2/c1-29(26,27)20-11-16-22-23-18(24(16)15-9-7-13(19)8-10-15)28-12-17(25)21-14-5-3-2-4-6-14/h2-10,20H,11-12H2,1H3,(H,21,25). The molecule has 0 fully saturated rings. The highest BCUT2D eigenvalue weighted by molar-refractivity contribution is 7.99. The number of benzene rings is 2. The third kappa shape index (κ3) is 6.11. The molecule has 11 heteroatoms. The molecule has 0 radical (unpaired) electrons. The van der Waals surface area contributed by atoms with Crippen LogP contribution in [0.5, 0.6) is 0 Å². The van der Waals surface area contributed by atoms with E-state index in [-0.39, 0.29) is 18.2 Å². The third-order valence-electron chi connectivity index (χ3n) is 3.67. The Bertz CT molecular complexity index is 1090. The number of rotatable bonds is 8. The highest BCUT2D eigenvalue weighted by Crippen LogP contribution is 2.23. The molecule has 1 aromatic heterocycles. The van der Waals surface area contributed by atoms with E-state index in [9.17, 15) is 17.6 Å². The van der Waals surface area contributed by atoms with E-state index in [1.807, 2.05) is 18.2 Å². The molecule has 0 spiro atoms. The van der Waals surface area contributed by atoms with Gasteiger partial charge in [0.1, 0.15) is 5.82 Å². The van der Waals surface area contributed by atoms with Gasteiger partial charge >= 0.3 is 0 Å². The molecule has 0 saturated carbocycles. The Balaban J connectivity index is 1.79. The summed E-state index contributed by atoms with van der Waals surface area (Å²) in [4.78, 5) is 12.2. The number of hydrogen-bond donors (Lipinski definition) is 2. The summed E-state index contributed by atoms with van der Waals surface area (Å²) < 4.78 is 40.1. The van der Waals surface area contributed by atoms with Gasteiger partial charge in [0.25, 0.3) is 0 Å². The Morgan fingerprint density at radius 2 is 1.79 bits per heavy atom. The first kappa shape index (κ1) is 21.0. The lowest BCUT2D eigenvalue weighted by molar-refractivity contribution is -0.113. The van der Waals surface area contributed by atoms with Crippen LogP contribution in [0.4, 0.5) is 10.1 Å². The molecular weight excluding hydrogens is 417 g/mol. The molecule has 29 heavy (non-hydrogen) atoms. The first-order valence-corrected chi connectivity index (χ1v) is 11.3. The number of carbonyl (C=O) groups is 1. The van der Waals surface area contributed by atoms with Crippen molar-refractivity contribution in [3.63, 3.8) is 0 Å². The van der Waals surface area contributed by atoms with Crippen molar-refractivity contribution < 1.29 is 17.6 Å². The van der Waals surface area contributed by atoms with Gasteiger partial charge in [0.15, 0.2) is 11.0 Å². The van der Waals surface area contributed by atoms with E-state index >= 15 is 0 Å². The Kier molecular flexibility index (Phi) is 6.62. The molecular formula is C18H18FN5O3S2. The average molecular weight is 436 g/mol. The number of carbonyl (C=O) groups excluding carboxylic acids is 1. The summed E-state index contributed by atoms with van der Waals surface area (Å²) >= 11 is 1.13. The molecule has 2 N–H and O–H groups in total. The van der Waals surface area contributed by atoms with Crippen LogP contribution in [0.3, 0.4) is 0 Å². The molecule has 2 aromatic carbocycles. The smallest absolute Gasteiger partial charge is 0.234 e. The molecule has 0 aliphatic rings. The van der Waals surface area contributed by atoms with Crippen LogP contribution in [0.15, 0.2) is 59.8 Å². The molecule has 0 saturated heterocycles. The fourth-order valence-corrected chi connectivity index (χ4v) is 3.56. The van der Waals surface area contributed by atoms with Crippen LogP contribution in [0.2, 0.25) is 0 Å². The van der Waals surface area contributed by atoms with E-state index < -0.39 is 15.8 Å². The van der Waals surface area contributed by atoms with Gasteiger partial charge in [-0.15, -0.1) is 10.2 Å². The number of halogens is 1. The Morgan fingerprint density at radius 3 is 2.45 bits per heavy atom. The zero-order valence-electron chi connectivity index (χ0n) is 15.4. The minimum Gasteiger partial charge on any atom is -0.325 e. The monoisotopic (exact) mass is 435 g/mol. The summed E-state index contributed by atoms with van der Waals surface area (Å²) in [5, 5.41) is 11.2. The van der Waals surface area contributed by atoms with Crippen molar-refractivity contribution in [3.05, 3.63) is 66.2 Å². The molecule has 1 heterocycles. The molecule has 152 valence electrons. The molecule has 0 aliphatic carbocycles. The molecule has 1 amide bonds. The minimum absolute atomic E-state index is 0.0632. The molecule has 8 nitrogen and oxygen atoms in total. The second kappa shape index (κ2) is 9.16. The van der Waals surface area contributed by atoms with Crippen LogP contribution < -0.4 is 10.0 Å². The number of nitrogens with one attached hydrogen (secondary N) is 2. The van der Waals surface area contributed by atoms with E-state index in [0.717, 1.165) is 18.0 Å². The SMILES string of the molecule is CS(=O)(=O)NCc1nnc(SCC(=O)Nc2ccccc2)n1-c1ccc(F)cc1. The lowest BCUT2D eigenvalue weighted by Gasteiger charge is -2.10. The minimum atomic E-state index is -3.44. The zero-order chi connectivity index (χ0) is 20.9. The normalized spacial score (nSPS) is 11.4. The van der Waals surface area contributed by atoms with Crippen LogP contribution >= 0.6 is 11.8 Å². The number of sulfonamides is 1. The Hall–Kier alpha value is -2.76. The maximum atomic E-state index is 13.3. The topological polar surface area (TPSA) is 106 Å². The van der Waals surface area contributed by atoms with Gasteiger partial charge in [-0.2, -0.15) is 0 Å². The number of para-hydroxylation sites is 1. The van der Waals surface area contributed by atoms with E-state index in [2.05, 4.69) is 20.2 Å². The van der Waals surface area contributed by atoms with Crippen LogP contribution in [0.1, 0.15) is 5.82 Å². The number of nitrogens with zero attached hydrogens (tertiary/aromatic N) is 3. The summed E-state index contributed by atoms with van der Waals surface area (Å²) in [7, 11) is -3.44. The fourth-order valence-electron chi connectivity index (χ4n) is 2.40. The van der Waals surface area contributed by atoms with E-state index in [0.29, 0.717) is 22.4 Å². The molecule has 0 aliphatic heterocycles. The van der Waals surface area contributed by atoms with Gasteiger partial charge in [-0.1, -0.05) is 30.0 Å². The quantitative estimate of drug-likeness (QED) is 0.526. The Morgan fingerprint density at radius 1 is 1.10 bits per heavy atom. The van der Waals surface area contributed by atoms with Crippen molar-refractivity contribution in [2.75, 3.05) is 17.3 Å². The fraction of sp³-hybridized carbons (Fsp3) is 0.167. The van der Waals surface area contributed by atoms with Gasteiger partial charge < -0.3 is 5.32 Å². The maximum absolute atomic E-state index is 13.3. The first-order chi connectivity index (χ1) is 13.8. The van der Waals surface area contributed by atoms with Crippen LogP contribution in [-0.4, -0.2) is 41.1 Å². The van der Waals surface area contributed by atoms with Crippen molar-refractivity contribution in [1.29, 1.82) is 0 Å². The number of thioether (sulfide) groups is 1. The highest BCUT2D eigenvalue weighted by atomic mass is 32.2. The lowest BCUT2D eigenvalue weighted by Crippen LogP contribution is -2.23. The van der Waals surface area contributed by atoms with Gasteiger partial charge in [-0.25, -0.2) is 17.5 Å². The lowest BCUT2D eigenvalue weighted by atomic mass is 10.3. The molecule has 3 rings (SSSR count). The molecule has 3 aromatic rings. The Labute approximate surface area is 171 Å². The zero-order valence-corrected chi connectivity index (χ0v) is 17.0. The van der Waals surface area contributed by atoms with Crippen LogP contribution in [-0.2, 0) is 21.4 Å². The van der Waals surface area contributed by atoms with Gasteiger partial charge in [0.05, 0.1) is 18.6 Å². The number of anilines is 1. The number of aromatic nitrogens is 3. The van der Waals surface area contributed by atoms with Crippen LogP contribution in [0, 0.1) is 5.82 Å². The molecule has 0 unspecified atom stereocenters. The van der Waals surface area contributed by atoms with Crippen molar-refractivity contribution in [2.24, 2.45) is 0 Å². The predicted molar refractivity (Wildman–Crippen MR) is 109 cm³/mol. The van der Waals surface area contributed by atoms with E-state index in [1.165, 1.54) is 24.3 Å². The van der Waals surface area contributed by atoms with E-state index in [1.54, 1.807) is 16.7 Å². The summed E-state index contributed by atoms with van der Waals surface area (Å²) in [6.07, 6.45) is 1.04. The van der Waals surface area contributed by atoms with Gasteiger partial charge in [-0.3, -0.25) is 9.36 Å². The van der Waals surface area contributed by atoms with Crippen molar-refractivity contribution in [1.82, 2.24) is 19.5 Å². The maximum Gasteiger partial charge on any atom is 0.234 e. The largest absolute Gasteiger partial charge is 0.325 e. The van der Waals surface area contributed by atoms with Gasteiger partial charge in [0, 0.05) is 11.4 Å². The third-order valence-corrected chi connectivity index (χ3v) is 5.27. The number of hydrogen-bond acceptors (Lipinski definition) is 6. The van der Waals surface area contributed by atoms with E-state index in [4.69, 9.17) is 0 Å². The predicted octanol–water partition coefficient (Wildman–Crippen LogP) is 2.19. The van der Waals surface area contributed by atoms with Gasteiger partial charge in [-0.05, 0) is 36.4 Å². The second-order valence-electron chi connectivity index (χ2n) is 6.01. The van der Waals surface area contributed by atoms with Gasteiger partial charge in [0.2, 0.25) is 15.9 Å². The highest BCUT2D eigenvalue weighted by Gasteiger charge is 2.17. The summed E-state index contributed by atoms with van der Waals surface area (Å²) in [6, 6.07) is 14.6. The van der Waals surface area contributed by atoms with Crippen molar-refractivity contribution in [3.8, 4) is 5.69 Å². The van der Waals surface area contributed by atoms with Crippen molar-refractivity contribution >= 4 is 33.4 Å². The molecule has 0 atom stereocenters.